The molecule has 0 aliphatic carbocycles. The van der Waals surface area contributed by atoms with Gasteiger partial charge in [0.2, 0.25) is 0 Å². The minimum Gasteiger partial charge on any atom is -0.507 e. The van der Waals surface area contributed by atoms with Gasteiger partial charge in [-0.3, -0.25) is 4.79 Å². The van der Waals surface area contributed by atoms with E-state index in [2.05, 4.69) is 5.73 Å². The molecule has 5 heteroatoms. The van der Waals surface area contributed by atoms with Crippen LogP contribution in [-0.2, 0) is 10.7 Å². The van der Waals surface area contributed by atoms with Gasteiger partial charge < -0.3 is 10.8 Å². The molecule has 0 radical (unpaired) electrons. The van der Waals surface area contributed by atoms with Crippen LogP contribution in [0.4, 0.5) is 8.78 Å². The summed E-state index contributed by atoms with van der Waals surface area (Å²) in [4.78, 5) is 10.3. The first-order valence-corrected chi connectivity index (χ1v) is 3.42. The first-order valence-electron chi connectivity index (χ1n) is 3.42. The number of carbonyl (C=O) groups is 1. The van der Waals surface area contributed by atoms with E-state index >= 15 is 0 Å². The maximum atomic E-state index is 12.9. The molecule has 0 heterocycles. The molecule has 0 aliphatic heterocycles. The number of nitrogens with two attached hydrogens (primary N) is 1. The summed E-state index contributed by atoms with van der Waals surface area (Å²) in [6.07, 6.45) is 0. The number of aromatic hydroxyl groups is 1. The molecule has 0 spiro atoms. The molecule has 1 rings (SSSR count). The van der Waals surface area contributed by atoms with Crippen LogP contribution in [-0.4, -0.2) is 11.0 Å². The van der Waals surface area contributed by atoms with Crippen LogP contribution in [0.5, 0.6) is 5.75 Å². The molecule has 3 N–H and O–H groups in total. The molecule has 70 valence electrons. The number of benzene rings is 1. The molecular weight excluding hydrogens is 180 g/mol. The number of alkyl halides is 2. The van der Waals surface area contributed by atoms with Crippen LogP contribution in [0.25, 0.3) is 0 Å². The molecule has 3 nitrogen and oxygen atoms in total. The summed E-state index contributed by atoms with van der Waals surface area (Å²) in [7, 11) is 0. The fraction of sp³-hybridized carbons (Fsp3) is 0.125. The minimum atomic E-state index is -3.83. The number of hydrogen-bond donors (Lipinski definition) is 2. The number of para-hydroxylation sites is 1. The van der Waals surface area contributed by atoms with E-state index in [1.165, 1.54) is 12.1 Å². The number of halogens is 2. The number of amides is 1. The van der Waals surface area contributed by atoms with Gasteiger partial charge in [0.15, 0.2) is 0 Å². The summed E-state index contributed by atoms with van der Waals surface area (Å²) in [5.41, 5.74) is 3.70. The van der Waals surface area contributed by atoms with Gasteiger partial charge >= 0.3 is 5.92 Å². The molecule has 0 unspecified atom stereocenters. The van der Waals surface area contributed by atoms with E-state index in [0.717, 1.165) is 12.1 Å². The predicted octanol–water partition coefficient (Wildman–Crippen LogP) is 0.969. The molecule has 0 saturated heterocycles. The normalized spacial score (nSPS) is 11.2. The highest BCUT2D eigenvalue weighted by molar-refractivity contribution is 5.83. The Morgan fingerprint density at radius 2 is 1.92 bits per heavy atom. The van der Waals surface area contributed by atoms with Gasteiger partial charge in [-0.25, -0.2) is 0 Å². The Hall–Kier alpha value is -1.65. The van der Waals surface area contributed by atoms with E-state index in [4.69, 9.17) is 5.11 Å². The first-order chi connectivity index (χ1) is 5.96. The van der Waals surface area contributed by atoms with Crippen molar-refractivity contribution in [2.24, 2.45) is 5.73 Å². The third-order valence-corrected chi connectivity index (χ3v) is 1.55. The summed E-state index contributed by atoms with van der Waals surface area (Å²) >= 11 is 0. The van der Waals surface area contributed by atoms with E-state index in [0.29, 0.717) is 0 Å². The first kappa shape index (κ1) is 9.44. The molecule has 1 amide bonds. The topological polar surface area (TPSA) is 63.3 Å². The second-order valence-corrected chi connectivity index (χ2v) is 2.46. The zero-order chi connectivity index (χ0) is 10.1. The smallest absolute Gasteiger partial charge is 0.353 e. The maximum Gasteiger partial charge on any atom is 0.353 e. The third-order valence-electron chi connectivity index (χ3n) is 1.55. The van der Waals surface area contributed by atoms with Crippen LogP contribution in [0.2, 0.25) is 0 Å². The lowest BCUT2D eigenvalue weighted by atomic mass is 10.1. The van der Waals surface area contributed by atoms with Gasteiger partial charge in [0.1, 0.15) is 5.75 Å². The molecular formula is C8H7F2NO2. The average molecular weight is 187 g/mol. The Balaban J connectivity index is 3.22. The van der Waals surface area contributed by atoms with Gasteiger partial charge in [-0.05, 0) is 12.1 Å². The zero-order valence-corrected chi connectivity index (χ0v) is 6.50. The molecule has 0 saturated carbocycles. The summed E-state index contributed by atoms with van der Waals surface area (Å²) in [5.74, 6) is -6.26. The van der Waals surface area contributed by atoms with E-state index in [1.54, 1.807) is 0 Å². The van der Waals surface area contributed by atoms with Crippen molar-refractivity contribution in [3.05, 3.63) is 29.8 Å². The number of hydrogen-bond acceptors (Lipinski definition) is 2. The molecule has 13 heavy (non-hydrogen) atoms. The highest BCUT2D eigenvalue weighted by Gasteiger charge is 2.40. The summed E-state index contributed by atoms with van der Waals surface area (Å²) in [5, 5.41) is 9.01. The average Bonchev–Trinajstić information content (AvgIpc) is 2.04. The predicted molar refractivity (Wildman–Crippen MR) is 41.2 cm³/mol. The standard InChI is InChI=1S/C8H7F2NO2/c9-8(10,7(11)13)5-3-1-2-4-6(5)12/h1-4,12H,(H2,11,13). The van der Waals surface area contributed by atoms with Crippen LogP contribution >= 0.6 is 0 Å². The van der Waals surface area contributed by atoms with E-state index in [9.17, 15) is 13.6 Å². The van der Waals surface area contributed by atoms with Crippen LogP contribution < -0.4 is 5.73 Å². The van der Waals surface area contributed by atoms with Gasteiger partial charge in [0.25, 0.3) is 5.91 Å². The van der Waals surface area contributed by atoms with Gasteiger partial charge in [0, 0.05) is 0 Å². The van der Waals surface area contributed by atoms with Gasteiger partial charge in [0.05, 0.1) is 5.56 Å². The third kappa shape index (κ3) is 1.58. The van der Waals surface area contributed by atoms with Gasteiger partial charge in [-0.2, -0.15) is 8.78 Å². The van der Waals surface area contributed by atoms with E-state index < -0.39 is 23.1 Å². The molecule has 1 aromatic carbocycles. The number of carbonyl (C=O) groups excluding carboxylic acids is 1. The summed E-state index contributed by atoms with van der Waals surface area (Å²) < 4.78 is 25.8. The monoisotopic (exact) mass is 187 g/mol. The second kappa shape index (κ2) is 3.01. The second-order valence-electron chi connectivity index (χ2n) is 2.46. The summed E-state index contributed by atoms with van der Waals surface area (Å²) in [6.45, 7) is 0. The highest BCUT2D eigenvalue weighted by Crippen LogP contribution is 2.33. The SMILES string of the molecule is NC(=O)C(F)(F)c1ccccc1O. The van der Waals surface area contributed by atoms with Gasteiger partial charge in [-0.1, -0.05) is 12.1 Å². The largest absolute Gasteiger partial charge is 0.507 e. The quantitative estimate of drug-likeness (QED) is 0.724. The molecule has 0 fully saturated rings. The Morgan fingerprint density at radius 1 is 1.38 bits per heavy atom. The fourth-order valence-corrected chi connectivity index (χ4v) is 0.872. The van der Waals surface area contributed by atoms with Crippen LogP contribution in [0, 0.1) is 0 Å². The maximum absolute atomic E-state index is 12.9. The Labute approximate surface area is 72.8 Å². The lowest BCUT2D eigenvalue weighted by Crippen LogP contribution is -2.32. The molecule has 0 atom stereocenters. The number of phenols is 1. The number of primary amides is 1. The Bertz CT molecular complexity index is 339. The van der Waals surface area contributed by atoms with Gasteiger partial charge in [-0.15, -0.1) is 0 Å². The van der Waals surface area contributed by atoms with Crippen molar-refractivity contribution in [3.63, 3.8) is 0 Å². The van der Waals surface area contributed by atoms with Crippen molar-refractivity contribution in [2.45, 2.75) is 5.92 Å². The van der Waals surface area contributed by atoms with Crippen molar-refractivity contribution in [1.82, 2.24) is 0 Å². The van der Waals surface area contributed by atoms with Crippen molar-refractivity contribution >= 4 is 5.91 Å². The minimum absolute atomic E-state index is 0.647. The van der Waals surface area contributed by atoms with Crippen molar-refractivity contribution in [2.75, 3.05) is 0 Å². The van der Waals surface area contributed by atoms with Crippen molar-refractivity contribution in [1.29, 1.82) is 0 Å². The lowest BCUT2D eigenvalue weighted by molar-refractivity contribution is -0.143. The zero-order valence-electron chi connectivity index (χ0n) is 6.50. The molecule has 0 aliphatic rings. The van der Waals surface area contributed by atoms with Crippen molar-refractivity contribution < 1.29 is 18.7 Å². The highest BCUT2D eigenvalue weighted by atomic mass is 19.3. The fourth-order valence-electron chi connectivity index (χ4n) is 0.872. The molecule has 0 bridgehead atoms. The molecule has 1 aromatic rings. The van der Waals surface area contributed by atoms with Crippen LogP contribution in [0.1, 0.15) is 5.56 Å². The molecule has 0 aromatic heterocycles. The van der Waals surface area contributed by atoms with Crippen LogP contribution in [0.15, 0.2) is 24.3 Å². The van der Waals surface area contributed by atoms with E-state index in [-0.39, 0.29) is 0 Å². The Kier molecular flexibility index (Phi) is 2.18. The van der Waals surface area contributed by atoms with E-state index in [1.807, 2.05) is 0 Å². The Morgan fingerprint density at radius 3 is 2.38 bits per heavy atom. The van der Waals surface area contributed by atoms with Crippen molar-refractivity contribution in [3.8, 4) is 5.75 Å². The lowest BCUT2D eigenvalue weighted by Gasteiger charge is -2.13. The number of rotatable bonds is 2. The van der Waals surface area contributed by atoms with Crippen LogP contribution in [0.3, 0.4) is 0 Å². The summed E-state index contributed by atoms with van der Waals surface area (Å²) in [6, 6.07) is 4.66. The number of phenolic OH excluding ortho intramolecular Hbond substituents is 1.